The lowest BCUT2D eigenvalue weighted by Gasteiger charge is -2.20. The summed E-state index contributed by atoms with van der Waals surface area (Å²) in [6.07, 6.45) is 10.2. The number of hydrogen-bond donors (Lipinski definition) is 1. The van der Waals surface area contributed by atoms with Crippen LogP contribution in [-0.4, -0.2) is 27.0 Å². The number of hydrazone groups is 1. The molecule has 1 aromatic heterocycles. The summed E-state index contributed by atoms with van der Waals surface area (Å²) in [5.41, 5.74) is 0.192. The fourth-order valence-electron chi connectivity index (χ4n) is 4.15. The van der Waals surface area contributed by atoms with Crippen molar-refractivity contribution < 1.29 is 9.21 Å². The molecule has 0 saturated heterocycles. The summed E-state index contributed by atoms with van der Waals surface area (Å²) in [7, 11) is 0. The Hall–Kier alpha value is -2.58. The molecule has 0 radical (unpaired) electrons. The molecular formula is C24H24N4O2S2. The Morgan fingerprint density at radius 3 is 2.78 bits per heavy atom. The Morgan fingerprint density at radius 1 is 1.16 bits per heavy atom. The second kappa shape index (κ2) is 9.50. The van der Waals surface area contributed by atoms with Crippen molar-refractivity contribution >= 4 is 51.6 Å². The molecule has 6 nitrogen and oxygen atoms in total. The third-order valence-corrected chi connectivity index (χ3v) is 7.73. The Labute approximate surface area is 195 Å². The van der Waals surface area contributed by atoms with E-state index in [0.717, 1.165) is 33.8 Å². The molecule has 0 spiro atoms. The van der Waals surface area contributed by atoms with Crippen molar-refractivity contribution in [3.8, 4) is 0 Å². The van der Waals surface area contributed by atoms with Gasteiger partial charge in [-0.1, -0.05) is 62.1 Å². The lowest BCUT2D eigenvalue weighted by molar-refractivity contribution is -0.114. The van der Waals surface area contributed by atoms with Crippen LogP contribution < -0.4 is 0 Å². The number of furan rings is 1. The number of fused-ring (bicyclic) bond motifs is 1. The first-order chi connectivity index (χ1) is 15.7. The van der Waals surface area contributed by atoms with E-state index in [0.29, 0.717) is 10.9 Å². The lowest BCUT2D eigenvalue weighted by Crippen LogP contribution is -2.35. The molecule has 1 fully saturated rings. The van der Waals surface area contributed by atoms with Crippen LogP contribution in [0.3, 0.4) is 0 Å². The predicted molar refractivity (Wildman–Crippen MR) is 130 cm³/mol. The summed E-state index contributed by atoms with van der Waals surface area (Å²) < 4.78 is 5.85. The zero-order chi connectivity index (χ0) is 21.9. The number of amidine groups is 2. The minimum Gasteiger partial charge on any atom is -0.450 e. The van der Waals surface area contributed by atoms with Crippen LogP contribution in [-0.2, 0) is 4.79 Å². The Balaban J connectivity index is 1.27. The quantitative estimate of drug-likeness (QED) is 0.500. The van der Waals surface area contributed by atoms with Crippen molar-refractivity contribution in [1.29, 1.82) is 5.41 Å². The van der Waals surface area contributed by atoms with Crippen molar-refractivity contribution in [3.63, 3.8) is 0 Å². The van der Waals surface area contributed by atoms with Crippen LogP contribution in [0.15, 0.2) is 72.5 Å². The average molecular weight is 465 g/mol. The van der Waals surface area contributed by atoms with Crippen molar-refractivity contribution in [3.05, 3.63) is 53.8 Å². The highest BCUT2D eigenvalue weighted by molar-refractivity contribution is 8.26. The van der Waals surface area contributed by atoms with Crippen molar-refractivity contribution in [2.75, 3.05) is 0 Å². The second-order valence-corrected chi connectivity index (χ2v) is 10.2. The molecule has 1 N–H and O–H groups in total. The van der Waals surface area contributed by atoms with Gasteiger partial charge in [-0.3, -0.25) is 10.2 Å². The summed E-state index contributed by atoms with van der Waals surface area (Å²) >= 11 is 2.92. The van der Waals surface area contributed by atoms with E-state index < -0.39 is 5.91 Å². The van der Waals surface area contributed by atoms with Gasteiger partial charge in [0.25, 0.3) is 5.91 Å². The van der Waals surface area contributed by atoms with Gasteiger partial charge in [0.1, 0.15) is 10.8 Å². The van der Waals surface area contributed by atoms with Gasteiger partial charge in [0.2, 0.25) is 5.17 Å². The van der Waals surface area contributed by atoms with Crippen molar-refractivity contribution in [2.45, 2.75) is 54.9 Å². The van der Waals surface area contributed by atoms with E-state index in [1.165, 1.54) is 60.6 Å². The van der Waals surface area contributed by atoms with E-state index in [4.69, 9.17) is 9.83 Å². The third-order valence-electron chi connectivity index (χ3n) is 5.84. The molecule has 1 saturated carbocycles. The highest BCUT2D eigenvalue weighted by Gasteiger charge is 2.35. The SMILES string of the molecule is N=C1C(=Cc2ccc(Sc3ccccc3)o2)C(=O)N=C2SC(CCC3CCCCC3)=NN12. The number of hydrogen-bond acceptors (Lipinski definition) is 6. The monoisotopic (exact) mass is 464 g/mol. The van der Waals surface area contributed by atoms with Gasteiger partial charge in [-0.05, 0) is 60.9 Å². The number of carbonyl (C=O) groups is 1. The largest absolute Gasteiger partial charge is 0.450 e. The summed E-state index contributed by atoms with van der Waals surface area (Å²) in [4.78, 5) is 17.9. The first kappa shape index (κ1) is 21.3. The molecule has 2 aliphatic heterocycles. The van der Waals surface area contributed by atoms with Gasteiger partial charge in [-0.2, -0.15) is 15.1 Å². The molecule has 0 atom stereocenters. The number of rotatable bonds is 6. The van der Waals surface area contributed by atoms with Crippen molar-refractivity contribution in [1.82, 2.24) is 5.01 Å². The highest BCUT2D eigenvalue weighted by Crippen LogP contribution is 2.34. The Bertz CT molecular complexity index is 1110. The van der Waals surface area contributed by atoms with Crippen LogP contribution in [0.1, 0.15) is 50.7 Å². The molecule has 3 aliphatic rings. The average Bonchev–Trinajstić information content (AvgIpc) is 3.43. The summed E-state index contributed by atoms with van der Waals surface area (Å²) in [5, 5.41) is 16.8. The van der Waals surface area contributed by atoms with E-state index in [2.05, 4.69) is 10.1 Å². The Morgan fingerprint density at radius 2 is 1.97 bits per heavy atom. The van der Waals surface area contributed by atoms with Gasteiger partial charge in [0.05, 0.1) is 5.57 Å². The molecule has 2 aromatic rings. The summed E-state index contributed by atoms with van der Waals surface area (Å²) in [6, 6.07) is 13.6. The molecule has 0 bridgehead atoms. The minimum atomic E-state index is -0.425. The van der Waals surface area contributed by atoms with E-state index in [-0.39, 0.29) is 11.4 Å². The number of benzene rings is 1. The molecule has 0 unspecified atom stereocenters. The molecule has 164 valence electrons. The van der Waals surface area contributed by atoms with Gasteiger partial charge < -0.3 is 4.42 Å². The van der Waals surface area contributed by atoms with Crippen LogP contribution in [0, 0.1) is 11.3 Å². The van der Waals surface area contributed by atoms with Crippen LogP contribution in [0.4, 0.5) is 0 Å². The molecule has 1 amide bonds. The van der Waals surface area contributed by atoms with Gasteiger partial charge in [-0.15, -0.1) is 0 Å². The topological polar surface area (TPSA) is 82.0 Å². The maximum absolute atomic E-state index is 12.6. The number of amides is 1. The number of nitrogens with zero attached hydrogens (tertiary/aromatic N) is 3. The minimum absolute atomic E-state index is 0.0498. The van der Waals surface area contributed by atoms with Crippen LogP contribution in [0.5, 0.6) is 0 Å². The van der Waals surface area contributed by atoms with Gasteiger partial charge in [0.15, 0.2) is 10.9 Å². The zero-order valence-electron chi connectivity index (χ0n) is 17.6. The van der Waals surface area contributed by atoms with E-state index in [1.54, 1.807) is 12.1 Å². The molecular weight excluding hydrogens is 440 g/mol. The van der Waals surface area contributed by atoms with Crippen LogP contribution >= 0.6 is 23.5 Å². The van der Waals surface area contributed by atoms with Crippen LogP contribution in [0.2, 0.25) is 0 Å². The van der Waals surface area contributed by atoms with Crippen LogP contribution in [0.25, 0.3) is 6.08 Å². The zero-order valence-corrected chi connectivity index (χ0v) is 19.3. The first-order valence-corrected chi connectivity index (χ1v) is 12.6. The Kier molecular flexibility index (Phi) is 6.32. The van der Waals surface area contributed by atoms with Gasteiger partial charge in [0, 0.05) is 4.90 Å². The molecule has 1 aliphatic carbocycles. The van der Waals surface area contributed by atoms with Gasteiger partial charge in [-0.25, -0.2) is 0 Å². The summed E-state index contributed by atoms with van der Waals surface area (Å²) in [5.74, 6) is 0.911. The third kappa shape index (κ3) is 4.76. The van der Waals surface area contributed by atoms with E-state index in [9.17, 15) is 4.79 Å². The number of nitrogens with one attached hydrogen (secondary N) is 1. The smallest absolute Gasteiger partial charge is 0.283 e. The maximum atomic E-state index is 12.6. The maximum Gasteiger partial charge on any atom is 0.283 e. The number of aliphatic imine (C=N–C) groups is 1. The van der Waals surface area contributed by atoms with E-state index >= 15 is 0 Å². The highest BCUT2D eigenvalue weighted by atomic mass is 32.2. The fourth-order valence-corrected chi connectivity index (χ4v) is 5.85. The fraction of sp³-hybridized carbons (Fsp3) is 0.333. The standard InChI is InChI=1S/C24H24N4O2S2/c25-22-19(15-17-12-14-21(30-17)31-18-9-5-2-6-10-18)23(29)26-24-28(22)27-20(32-24)13-11-16-7-3-1-4-8-16/h2,5-6,9-10,12,14-16,25H,1,3-4,7-8,11,13H2. The second-order valence-electron chi connectivity index (χ2n) is 8.13. The van der Waals surface area contributed by atoms with E-state index in [1.807, 2.05) is 36.4 Å². The predicted octanol–water partition coefficient (Wildman–Crippen LogP) is 6.41. The summed E-state index contributed by atoms with van der Waals surface area (Å²) in [6.45, 7) is 0. The normalized spacial score (nSPS) is 20.5. The molecule has 8 heteroatoms. The number of thioether (sulfide) groups is 1. The number of carbonyl (C=O) groups excluding carboxylic acids is 1. The molecule has 3 heterocycles. The molecule has 5 rings (SSSR count). The first-order valence-electron chi connectivity index (χ1n) is 11.0. The molecule has 1 aromatic carbocycles. The molecule has 32 heavy (non-hydrogen) atoms. The van der Waals surface area contributed by atoms with Crippen molar-refractivity contribution in [2.24, 2.45) is 16.0 Å². The lowest BCUT2D eigenvalue weighted by atomic mass is 9.86. The van der Waals surface area contributed by atoms with Gasteiger partial charge >= 0.3 is 0 Å².